The molecule has 1 amide bonds. The van der Waals surface area contributed by atoms with E-state index < -0.39 is 6.04 Å². The van der Waals surface area contributed by atoms with Crippen molar-refractivity contribution in [3.05, 3.63) is 35.9 Å². The zero-order chi connectivity index (χ0) is 12.7. The van der Waals surface area contributed by atoms with Crippen molar-refractivity contribution in [3.63, 3.8) is 0 Å². The normalized spacial score (nSPS) is 12.2. The number of aliphatic hydroxyl groups is 2. The van der Waals surface area contributed by atoms with Crippen molar-refractivity contribution < 1.29 is 15.0 Å². The highest BCUT2D eigenvalue weighted by Crippen LogP contribution is 2.12. The van der Waals surface area contributed by atoms with E-state index in [-0.39, 0.29) is 32.2 Å². The molecule has 0 spiro atoms. The van der Waals surface area contributed by atoms with Gasteiger partial charge in [0.1, 0.15) is 6.04 Å². The van der Waals surface area contributed by atoms with Crippen molar-refractivity contribution in [2.24, 2.45) is 5.73 Å². The van der Waals surface area contributed by atoms with Gasteiger partial charge in [-0.1, -0.05) is 30.3 Å². The Morgan fingerprint density at radius 3 is 2.18 bits per heavy atom. The Bertz CT molecular complexity index is 337. The van der Waals surface area contributed by atoms with Crippen LogP contribution in [0.2, 0.25) is 0 Å². The first-order valence-corrected chi connectivity index (χ1v) is 5.51. The molecule has 5 nitrogen and oxygen atoms in total. The molecule has 0 bridgehead atoms. The maximum atomic E-state index is 12.0. The summed E-state index contributed by atoms with van der Waals surface area (Å²) in [7, 11) is 0. The highest BCUT2D eigenvalue weighted by Gasteiger charge is 2.21. The summed E-state index contributed by atoms with van der Waals surface area (Å²) in [6.07, 6.45) is 0. The Morgan fingerprint density at radius 1 is 1.18 bits per heavy atom. The zero-order valence-corrected chi connectivity index (χ0v) is 9.62. The molecule has 1 rings (SSSR count). The van der Waals surface area contributed by atoms with Gasteiger partial charge < -0.3 is 20.8 Å². The first-order valence-electron chi connectivity index (χ1n) is 5.51. The van der Waals surface area contributed by atoms with Gasteiger partial charge >= 0.3 is 0 Å². The van der Waals surface area contributed by atoms with Gasteiger partial charge in [-0.05, 0) is 5.56 Å². The number of amides is 1. The van der Waals surface area contributed by atoms with Crippen LogP contribution in [0.3, 0.4) is 0 Å². The van der Waals surface area contributed by atoms with E-state index in [4.69, 9.17) is 15.9 Å². The van der Waals surface area contributed by atoms with Gasteiger partial charge in [-0.2, -0.15) is 0 Å². The number of carbonyl (C=O) groups is 1. The summed E-state index contributed by atoms with van der Waals surface area (Å²) in [5.74, 6) is -0.292. The quantitative estimate of drug-likeness (QED) is 0.623. The molecule has 1 aromatic rings. The van der Waals surface area contributed by atoms with Gasteiger partial charge in [0.05, 0.1) is 13.2 Å². The summed E-state index contributed by atoms with van der Waals surface area (Å²) in [6.45, 7) is 0.0698. The van der Waals surface area contributed by atoms with Gasteiger partial charge in [0.15, 0.2) is 0 Å². The lowest BCUT2D eigenvalue weighted by molar-refractivity contribution is -0.133. The topological polar surface area (TPSA) is 86.8 Å². The van der Waals surface area contributed by atoms with Crippen molar-refractivity contribution in [3.8, 4) is 0 Å². The SMILES string of the molecule is N[C@H](C(=O)N(CCO)CCO)c1ccccc1. The minimum atomic E-state index is -0.755. The Kier molecular flexibility index (Phi) is 5.62. The Balaban J connectivity index is 2.73. The molecule has 0 fully saturated rings. The van der Waals surface area contributed by atoms with Crippen LogP contribution in [-0.4, -0.2) is 47.3 Å². The second-order valence-corrected chi connectivity index (χ2v) is 3.66. The first-order chi connectivity index (χ1) is 8.20. The van der Waals surface area contributed by atoms with E-state index >= 15 is 0 Å². The van der Waals surface area contributed by atoms with E-state index in [1.165, 1.54) is 4.90 Å². The van der Waals surface area contributed by atoms with Crippen LogP contribution in [0, 0.1) is 0 Å². The largest absolute Gasteiger partial charge is 0.395 e. The molecule has 94 valence electrons. The fraction of sp³-hybridized carbons (Fsp3) is 0.417. The van der Waals surface area contributed by atoms with Gasteiger partial charge in [-0.3, -0.25) is 4.79 Å². The number of nitrogens with zero attached hydrogens (tertiary/aromatic N) is 1. The van der Waals surface area contributed by atoms with Gasteiger partial charge in [-0.25, -0.2) is 0 Å². The van der Waals surface area contributed by atoms with E-state index in [0.29, 0.717) is 0 Å². The highest BCUT2D eigenvalue weighted by atomic mass is 16.3. The van der Waals surface area contributed by atoms with Crippen LogP contribution in [0.5, 0.6) is 0 Å². The summed E-state index contributed by atoms with van der Waals surface area (Å²) in [6, 6.07) is 8.27. The van der Waals surface area contributed by atoms with Crippen molar-refractivity contribution in [2.75, 3.05) is 26.3 Å². The van der Waals surface area contributed by atoms with E-state index in [0.717, 1.165) is 5.56 Å². The Labute approximate surface area is 100 Å². The smallest absolute Gasteiger partial charge is 0.244 e. The predicted molar refractivity (Wildman–Crippen MR) is 64.1 cm³/mol. The standard InChI is InChI=1S/C12H18N2O3/c13-11(10-4-2-1-3-5-10)12(17)14(6-8-15)7-9-16/h1-5,11,15-16H,6-9,13H2/t11-/m0/s1. The van der Waals surface area contributed by atoms with Crippen molar-refractivity contribution in [1.29, 1.82) is 0 Å². The van der Waals surface area contributed by atoms with Crippen LogP contribution in [0.15, 0.2) is 30.3 Å². The highest BCUT2D eigenvalue weighted by molar-refractivity contribution is 5.83. The number of hydrogen-bond donors (Lipinski definition) is 3. The number of hydrogen-bond acceptors (Lipinski definition) is 4. The van der Waals surface area contributed by atoms with Crippen LogP contribution < -0.4 is 5.73 Å². The summed E-state index contributed by atoms with van der Waals surface area (Å²) in [4.78, 5) is 13.4. The molecule has 17 heavy (non-hydrogen) atoms. The molecule has 0 aliphatic carbocycles. The molecule has 5 heteroatoms. The van der Waals surface area contributed by atoms with Gasteiger partial charge in [0, 0.05) is 13.1 Å². The van der Waals surface area contributed by atoms with E-state index in [1.807, 2.05) is 18.2 Å². The fourth-order valence-corrected chi connectivity index (χ4v) is 1.57. The van der Waals surface area contributed by atoms with Crippen LogP contribution in [-0.2, 0) is 4.79 Å². The molecule has 1 atom stereocenters. The molecule has 0 saturated carbocycles. The third-order valence-corrected chi connectivity index (χ3v) is 2.48. The number of nitrogens with two attached hydrogens (primary N) is 1. The fourth-order valence-electron chi connectivity index (χ4n) is 1.57. The number of aliphatic hydroxyl groups excluding tert-OH is 2. The average Bonchev–Trinajstić information content (AvgIpc) is 2.38. The van der Waals surface area contributed by atoms with E-state index in [2.05, 4.69) is 0 Å². The van der Waals surface area contributed by atoms with Crippen LogP contribution in [0.25, 0.3) is 0 Å². The predicted octanol–water partition coefficient (Wildman–Crippen LogP) is -0.500. The third kappa shape index (κ3) is 3.81. The van der Waals surface area contributed by atoms with Crippen LogP contribution in [0.4, 0.5) is 0 Å². The third-order valence-electron chi connectivity index (χ3n) is 2.48. The lowest BCUT2D eigenvalue weighted by Crippen LogP contribution is -2.41. The number of rotatable bonds is 6. The summed E-state index contributed by atoms with van der Waals surface area (Å²) in [5.41, 5.74) is 6.57. The average molecular weight is 238 g/mol. The number of benzene rings is 1. The molecule has 0 aromatic heterocycles. The van der Waals surface area contributed by atoms with Crippen LogP contribution >= 0.6 is 0 Å². The first kappa shape index (κ1) is 13.6. The van der Waals surface area contributed by atoms with E-state index in [1.54, 1.807) is 12.1 Å². The molecule has 0 aliphatic rings. The van der Waals surface area contributed by atoms with Crippen LogP contribution in [0.1, 0.15) is 11.6 Å². The maximum absolute atomic E-state index is 12.0. The van der Waals surface area contributed by atoms with Crippen molar-refractivity contribution in [1.82, 2.24) is 4.90 Å². The zero-order valence-electron chi connectivity index (χ0n) is 9.62. The molecule has 0 radical (unpaired) electrons. The monoisotopic (exact) mass is 238 g/mol. The Morgan fingerprint density at radius 2 is 1.71 bits per heavy atom. The minimum Gasteiger partial charge on any atom is -0.395 e. The summed E-state index contributed by atoms with van der Waals surface area (Å²) in [5, 5.41) is 17.7. The van der Waals surface area contributed by atoms with Crippen molar-refractivity contribution in [2.45, 2.75) is 6.04 Å². The molecule has 0 unspecified atom stereocenters. The molecule has 4 N–H and O–H groups in total. The molecular weight excluding hydrogens is 220 g/mol. The molecule has 0 heterocycles. The van der Waals surface area contributed by atoms with Gasteiger partial charge in [-0.15, -0.1) is 0 Å². The number of carbonyl (C=O) groups excluding carboxylic acids is 1. The molecule has 1 aromatic carbocycles. The lowest BCUT2D eigenvalue weighted by atomic mass is 10.1. The molecule has 0 aliphatic heterocycles. The molecular formula is C12H18N2O3. The second-order valence-electron chi connectivity index (χ2n) is 3.66. The second kappa shape index (κ2) is 7.01. The van der Waals surface area contributed by atoms with Crippen molar-refractivity contribution >= 4 is 5.91 Å². The van der Waals surface area contributed by atoms with E-state index in [9.17, 15) is 4.79 Å². The van der Waals surface area contributed by atoms with Gasteiger partial charge in [0.2, 0.25) is 5.91 Å². The van der Waals surface area contributed by atoms with Gasteiger partial charge in [0.25, 0.3) is 0 Å². The lowest BCUT2D eigenvalue weighted by Gasteiger charge is -2.24. The molecule has 0 saturated heterocycles. The maximum Gasteiger partial charge on any atom is 0.244 e. The minimum absolute atomic E-state index is 0.146. The summed E-state index contributed by atoms with van der Waals surface area (Å²) < 4.78 is 0. The summed E-state index contributed by atoms with van der Waals surface area (Å²) >= 11 is 0. The Hall–Kier alpha value is -1.43.